The van der Waals surface area contributed by atoms with Crippen molar-refractivity contribution in [2.75, 3.05) is 6.61 Å². The van der Waals surface area contributed by atoms with Crippen LogP contribution in [0.15, 0.2) is 30.3 Å². The summed E-state index contributed by atoms with van der Waals surface area (Å²) in [6, 6.07) is 7.00. The molecule has 0 bridgehead atoms. The number of Topliss-reactive ketones (excluding diaryl/α,β-unsaturated/α-hetero) is 1. The Morgan fingerprint density at radius 2 is 1.83 bits per heavy atom. The van der Waals surface area contributed by atoms with Crippen molar-refractivity contribution in [2.45, 2.75) is 19.9 Å². The second-order valence-corrected chi connectivity index (χ2v) is 3.62. The molecule has 18 heavy (non-hydrogen) atoms. The van der Waals surface area contributed by atoms with Gasteiger partial charge in [0.25, 0.3) is 0 Å². The van der Waals surface area contributed by atoms with E-state index in [1.54, 1.807) is 37.3 Å². The molecule has 0 unspecified atom stereocenters. The standard InChI is InChI=1S/C13H15NO4/c1-3-18-13(17)11(14-9(2)15)12(16)10-7-5-4-6-8-10/h4-8,11H,3H2,1-2H3,(H,14,15)/t11-/m1/s1. The van der Waals surface area contributed by atoms with Crippen LogP contribution in [0.25, 0.3) is 0 Å². The maximum Gasteiger partial charge on any atom is 0.336 e. The number of carbonyl (C=O) groups excluding carboxylic acids is 3. The molecular formula is C13H15NO4. The first kappa shape index (κ1) is 13.9. The topological polar surface area (TPSA) is 72.5 Å². The van der Waals surface area contributed by atoms with Gasteiger partial charge in [0.1, 0.15) is 0 Å². The highest BCUT2D eigenvalue weighted by atomic mass is 16.5. The van der Waals surface area contributed by atoms with Crippen LogP contribution in [-0.2, 0) is 14.3 Å². The van der Waals surface area contributed by atoms with E-state index in [2.05, 4.69) is 5.32 Å². The predicted molar refractivity (Wildman–Crippen MR) is 65.0 cm³/mol. The number of hydrogen-bond acceptors (Lipinski definition) is 4. The maximum atomic E-state index is 12.1. The molecule has 0 aromatic heterocycles. The number of benzene rings is 1. The van der Waals surface area contributed by atoms with Gasteiger partial charge in [0, 0.05) is 12.5 Å². The van der Waals surface area contributed by atoms with E-state index in [0.717, 1.165) is 0 Å². The zero-order chi connectivity index (χ0) is 13.5. The summed E-state index contributed by atoms with van der Waals surface area (Å²) >= 11 is 0. The van der Waals surface area contributed by atoms with E-state index in [0.29, 0.717) is 5.56 Å². The van der Waals surface area contributed by atoms with Crippen molar-refractivity contribution < 1.29 is 19.1 Å². The molecule has 1 N–H and O–H groups in total. The lowest BCUT2D eigenvalue weighted by atomic mass is 10.0. The molecule has 1 aromatic carbocycles. The van der Waals surface area contributed by atoms with Crippen LogP contribution in [0.1, 0.15) is 24.2 Å². The zero-order valence-corrected chi connectivity index (χ0v) is 10.3. The summed E-state index contributed by atoms with van der Waals surface area (Å²) in [6.07, 6.45) is 0. The molecule has 0 aliphatic carbocycles. The number of carbonyl (C=O) groups is 3. The largest absolute Gasteiger partial charge is 0.464 e. The summed E-state index contributed by atoms with van der Waals surface area (Å²) in [6.45, 7) is 3.03. The smallest absolute Gasteiger partial charge is 0.336 e. The molecule has 0 aliphatic heterocycles. The molecule has 96 valence electrons. The van der Waals surface area contributed by atoms with Gasteiger partial charge in [-0.2, -0.15) is 0 Å². The molecule has 1 rings (SSSR count). The van der Waals surface area contributed by atoms with Crippen LogP contribution < -0.4 is 5.32 Å². The van der Waals surface area contributed by atoms with E-state index in [1.807, 2.05) is 0 Å². The van der Waals surface area contributed by atoms with Crippen LogP contribution in [0.5, 0.6) is 0 Å². The lowest BCUT2D eigenvalue weighted by Gasteiger charge is -2.15. The van der Waals surface area contributed by atoms with Crippen molar-refractivity contribution in [3.8, 4) is 0 Å². The van der Waals surface area contributed by atoms with Crippen molar-refractivity contribution in [3.63, 3.8) is 0 Å². The summed E-state index contributed by atoms with van der Waals surface area (Å²) in [7, 11) is 0. The van der Waals surface area contributed by atoms with Crippen molar-refractivity contribution in [3.05, 3.63) is 35.9 Å². The normalized spacial score (nSPS) is 11.4. The van der Waals surface area contributed by atoms with Gasteiger partial charge in [-0.3, -0.25) is 9.59 Å². The summed E-state index contributed by atoms with van der Waals surface area (Å²) in [5.41, 5.74) is 0.351. The van der Waals surface area contributed by atoms with Crippen LogP contribution in [0.2, 0.25) is 0 Å². The molecule has 0 heterocycles. The van der Waals surface area contributed by atoms with Gasteiger partial charge in [-0.25, -0.2) is 4.79 Å². The third-order valence-corrected chi connectivity index (χ3v) is 2.19. The van der Waals surface area contributed by atoms with Crippen molar-refractivity contribution in [1.29, 1.82) is 0 Å². The molecule has 0 saturated carbocycles. The number of ether oxygens (including phenoxy) is 1. The first-order valence-electron chi connectivity index (χ1n) is 5.59. The van der Waals surface area contributed by atoms with E-state index in [4.69, 9.17) is 4.74 Å². The highest BCUT2D eigenvalue weighted by Crippen LogP contribution is 2.05. The van der Waals surface area contributed by atoms with Crippen molar-refractivity contribution in [1.82, 2.24) is 5.32 Å². The number of amides is 1. The molecule has 5 nitrogen and oxygen atoms in total. The SMILES string of the molecule is CCOC(=O)[C@H](NC(C)=O)C(=O)c1ccccc1. The van der Waals surface area contributed by atoms with E-state index >= 15 is 0 Å². The molecule has 0 spiro atoms. The lowest BCUT2D eigenvalue weighted by molar-refractivity contribution is -0.145. The Bertz CT molecular complexity index is 442. The fraction of sp³-hybridized carbons (Fsp3) is 0.308. The van der Waals surface area contributed by atoms with E-state index in [9.17, 15) is 14.4 Å². The average Bonchev–Trinajstić information content (AvgIpc) is 2.36. The van der Waals surface area contributed by atoms with Crippen molar-refractivity contribution >= 4 is 17.7 Å². The summed E-state index contributed by atoms with van der Waals surface area (Å²) < 4.78 is 4.77. The third kappa shape index (κ3) is 3.69. The molecule has 0 aliphatic rings. The number of hydrogen-bond donors (Lipinski definition) is 1. The molecule has 1 atom stereocenters. The van der Waals surface area contributed by atoms with Crippen LogP contribution in [0.3, 0.4) is 0 Å². The highest BCUT2D eigenvalue weighted by molar-refractivity contribution is 6.13. The molecular weight excluding hydrogens is 234 g/mol. The zero-order valence-electron chi connectivity index (χ0n) is 10.3. The molecule has 5 heteroatoms. The first-order valence-corrected chi connectivity index (χ1v) is 5.59. The van der Waals surface area contributed by atoms with Crippen LogP contribution in [0.4, 0.5) is 0 Å². The van der Waals surface area contributed by atoms with Gasteiger partial charge in [-0.05, 0) is 6.92 Å². The van der Waals surface area contributed by atoms with Crippen LogP contribution in [0, 0.1) is 0 Å². The second-order valence-electron chi connectivity index (χ2n) is 3.62. The summed E-state index contributed by atoms with van der Waals surface area (Å²) in [4.78, 5) is 34.7. The fourth-order valence-corrected chi connectivity index (χ4v) is 1.43. The Labute approximate surface area is 105 Å². The summed E-state index contributed by atoms with van der Waals surface area (Å²) in [5, 5.41) is 2.30. The second kappa shape index (κ2) is 6.54. The monoisotopic (exact) mass is 249 g/mol. The Hall–Kier alpha value is -2.17. The Balaban J connectivity index is 2.92. The minimum Gasteiger partial charge on any atom is -0.464 e. The number of esters is 1. The molecule has 0 radical (unpaired) electrons. The van der Waals surface area contributed by atoms with E-state index in [-0.39, 0.29) is 6.61 Å². The summed E-state index contributed by atoms with van der Waals surface area (Å²) in [5.74, 6) is -1.69. The molecule has 1 amide bonds. The van der Waals surface area contributed by atoms with E-state index < -0.39 is 23.7 Å². The lowest BCUT2D eigenvalue weighted by Crippen LogP contribution is -2.46. The highest BCUT2D eigenvalue weighted by Gasteiger charge is 2.29. The number of nitrogens with one attached hydrogen (secondary N) is 1. The van der Waals surface area contributed by atoms with Gasteiger partial charge in [0.2, 0.25) is 5.91 Å². The first-order chi connectivity index (χ1) is 8.56. The number of rotatable bonds is 5. The Kier molecular flexibility index (Phi) is 5.05. The van der Waals surface area contributed by atoms with Gasteiger partial charge < -0.3 is 10.1 Å². The van der Waals surface area contributed by atoms with Gasteiger partial charge in [-0.15, -0.1) is 0 Å². The Morgan fingerprint density at radius 3 is 2.33 bits per heavy atom. The van der Waals surface area contributed by atoms with Crippen LogP contribution >= 0.6 is 0 Å². The van der Waals surface area contributed by atoms with Gasteiger partial charge in [0.15, 0.2) is 11.8 Å². The van der Waals surface area contributed by atoms with Crippen molar-refractivity contribution in [2.24, 2.45) is 0 Å². The molecule has 0 saturated heterocycles. The van der Waals surface area contributed by atoms with E-state index in [1.165, 1.54) is 6.92 Å². The minimum atomic E-state index is -1.29. The average molecular weight is 249 g/mol. The fourth-order valence-electron chi connectivity index (χ4n) is 1.43. The minimum absolute atomic E-state index is 0.150. The maximum absolute atomic E-state index is 12.1. The molecule has 1 aromatic rings. The third-order valence-electron chi connectivity index (χ3n) is 2.19. The van der Waals surface area contributed by atoms with Gasteiger partial charge in [-0.1, -0.05) is 30.3 Å². The number of ketones is 1. The molecule has 0 fully saturated rings. The predicted octanol–water partition coefficient (Wildman–Crippen LogP) is 0.937. The van der Waals surface area contributed by atoms with Gasteiger partial charge in [0.05, 0.1) is 6.61 Å². The van der Waals surface area contributed by atoms with Crippen LogP contribution in [-0.4, -0.2) is 30.3 Å². The van der Waals surface area contributed by atoms with Gasteiger partial charge >= 0.3 is 5.97 Å². The Morgan fingerprint density at radius 1 is 1.22 bits per heavy atom. The quantitative estimate of drug-likeness (QED) is 0.479.